The van der Waals surface area contributed by atoms with E-state index in [0.29, 0.717) is 36.1 Å². The second kappa shape index (κ2) is 4.17. The highest BCUT2D eigenvalue weighted by atomic mass is 16.7. The standard InChI is InChI=1S/C13H16N2O3/c1-8-5-15(6-10(8)14)13(16)9-2-3-11-12(4-9)18-7-17-11/h2-4,8,10H,5-7,14H2,1H3. The smallest absolute Gasteiger partial charge is 0.254 e. The van der Waals surface area contributed by atoms with E-state index in [0.717, 1.165) is 0 Å². The molecule has 1 fully saturated rings. The first-order valence-corrected chi connectivity index (χ1v) is 6.09. The molecule has 3 rings (SSSR count). The summed E-state index contributed by atoms with van der Waals surface area (Å²) < 4.78 is 10.5. The fraction of sp³-hybridized carbons (Fsp3) is 0.462. The summed E-state index contributed by atoms with van der Waals surface area (Å²) in [5.74, 6) is 1.69. The lowest BCUT2D eigenvalue weighted by Crippen LogP contribution is -2.32. The monoisotopic (exact) mass is 248 g/mol. The third-order valence-corrected chi connectivity index (χ3v) is 3.58. The molecule has 0 saturated carbocycles. The van der Waals surface area contributed by atoms with Crippen LogP contribution in [0.15, 0.2) is 18.2 Å². The number of nitrogens with zero attached hydrogens (tertiary/aromatic N) is 1. The van der Waals surface area contributed by atoms with Crippen LogP contribution in [0, 0.1) is 5.92 Å². The number of rotatable bonds is 1. The van der Waals surface area contributed by atoms with Gasteiger partial charge < -0.3 is 20.1 Å². The van der Waals surface area contributed by atoms with Crippen molar-refractivity contribution in [3.8, 4) is 11.5 Å². The largest absolute Gasteiger partial charge is 0.454 e. The van der Waals surface area contributed by atoms with E-state index in [9.17, 15) is 4.79 Å². The van der Waals surface area contributed by atoms with Crippen LogP contribution in [0.3, 0.4) is 0 Å². The number of fused-ring (bicyclic) bond motifs is 1. The van der Waals surface area contributed by atoms with E-state index in [4.69, 9.17) is 15.2 Å². The van der Waals surface area contributed by atoms with Gasteiger partial charge in [-0.2, -0.15) is 0 Å². The molecule has 1 saturated heterocycles. The minimum absolute atomic E-state index is 0.00750. The van der Waals surface area contributed by atoms with Crippen molar-refractivity contribution in [3.63, 3.8) is 0 Å². The summed E-state index contributed by atoms with van der Waals surface area (Å²) in [6.07, 6.45) is 0. The number of carbonyl (C=O) groups is 1. The lowest BCUT2D eigenvalue weighted by molar-refractivity contribution is 0.0786. The number of likely N-dealkylation sites (tertiary alicyclic amines) is 1. The van der Waals surface area contributed by atoms with Crippen molar-refractivity contribution in [1.29, 1.82) is 0 Å². The average molecular weight is 248 g/mol. The molecule has 2 unspecified atom stereocenters. The predicted molar refractivity (Wildman–Crippen MR) is 65.6 cm³/mol. The number of amides is 1. The van der Waals surface area contributed by atoms with Gasteiger partial charge in [-0.05, 0) is 24.1 Å². The molecule has 0 bridgehead atoms. The van der Waals surface area contributed by atoms with Crippen LogP contribution in [-0.2, 0) is 0 Å². The van der Waals surface area contributed by atoms with Crippen LogP contribution in [0.1, 0.15) is 17.3 Å². The van der Waals surface area contributed by atoms with Gasteiger partial charge in [-0.25, -0.2) is 0 Å². The van der Waals surface area contributed by atoms with E-state index in [1.54, 1.807) is 23.1 Å². The minimum atomic E-state index is 0.00750. The van der Waals surface area contributed by atoms with Crippen LogP contribution >= 0.6 is 0 Å². The molecule has 2 N–H and O–H groups in total. The van der Waals surface area contributed by atoms with Crippen LogP contribution < -0.4 is 15.2 Å². The normalized spacial score (nSPS) is 25.6. The lowest BCUT2D eigenvalue weighted by Gasteiger charge is -2.16. The van der Waals surface area contributed by atoms with Crippen molar-refractivity contribution in [2.45, 2.75) is 13.0 Å². The van der Waals surface area contributed by atoms with E-state index < -0.39 is 0 Å². The number of ether oxygens (including phenoxy) is 2. The van der Waals surface area contributed by atoms with E-state index in [2.05, 4.69) is 6.92 Å². The number of benzene rings is 1. The zero-order valence-electron chi connectivity index (χ0n) is 10.3. The number of carbonyl (C=O) groups excluding carboxylic acids is 1. The Morgan fingerprint density at radius 3 is 2.83 bits per heavy atom. The molecule has 1 aromatic carbocycles. The molecule has 2 aliphatic rings. The van der Waals surface area contributed by atoms with Gasteiger partial charge in [0, 0.05) is 24.7 Å². The second-order valence-electron chi connectivity index (χ2n) is 4.92. The fourth-order valence-corrected chi connectivity index (χ4v) is 2.37. The molecule has 5 nitrogen and oxygen atoms in total. The molecule has 2 aliphatic heterocycles. The molecule has 1 amide bonds. The summed E-state index contributed by atoms with van der Waals surface area (Å²) in [7, 11) is 0. The van der Waals surface area contributed by atoms with Gasteiger partial charge in [-0.3, -0.25) is 4.79 Å². The second-order valence-corrected chi connectivity index (χ2v) is 4.92. The molecular formula is C13H16N2O3. The van der Waals surface area contributed by atoms with Crippen LogP contribution in [0.2, 0.25) is 0 Å². The number of nitrogens with two attached hydrogens (primary N) is 1. The topological polar surface area (TPSA) is 64.8 Å². The van der Waals surface area contributed by atoms with Crippen molar-refractivity contribution in [2.24, 2.45) is 11.7 Å². The SMILES string of the molecule is CC1CN(C(=O)c2ccc3c(c2)OCO3)CC1N. The van der Waals surface area contributed by atoms with Crippen molar-refractivity contribution >= 4 is 5.91 Å². The fourth-order valence-electron chi connectivity index (χ4n) is 2.37. The van der Waals surface area contributed by atoms with Crippen molar-refractivity contribution < 1.29 is 14.3 Å². The summed E-state index contributed by atoms with van der Waals surface area (Å²) in [6.45, 7) is 3.62. The summed E-state index contributed by atoms with van der Waals surface area (Å²) in [4.78, 5) is 14.1. The highest BCUT2D eigenvalue weighted by Crippen LogP contribution is 2.33. The van der Waals surface area contributed by atoms with Gasteiger partial charge in [0.25, 0.3) is 5.91 Å². The molecular weight excluding hydrogens is 232 g/mol. The Hall–Kier alpha value is -1.75. The Labute approximate surface area is 105 Å². The summed E-state index contributed by atoms with van der Waals surface area (Å²) in [5, 5.41) is 0. The van der Waals surface area contributed by atoms with E-state index in [1.807, 2.05) is 0 Å². The molecule has 96 valence electrons. The van der Waals surface area contributed by atoms with Gasteiger partial charge in [0.15, 0.2) is 11.5 Å². The molecule has 5 heteroatoms. The first-order chi connectivity index (χ1) is 8.65. The van der Waals surface area contributed by atoms with E-state index >= 15 is 0 Å². The summed E-state index contributed by atoms with van der Waals surface area (Å²) >= 11 is 0. The third-order valence-electron chi connectivity index (χ3n) is 3.58. The minimum Gasteiger partial charge on any atom is -0.454 e. The summed E-state index contributed by atoms with van der Waals surface area (Å²) in [5.41, 5.74) is 6.56. The zero-order valence-corrected chi connectivity index (χ0v) is 10.3. The van der Waals surface area contributed by atoms with Crippen LogP contribution in [0.5, 0.6) is 11.5 Å². The van der Waals surface area contributed by atoms with E-state index in [1.165, 1.54) is 0 Å². The molecule has 2 atom stereocenters. The van der Waals surface area contributed by atoms with Crippen molar-refractivity contribution in [3.05, 3.63) is 23.8 Å². The Morgan fingerprint density at radius 1 is 1.33 bits per heavy atom. The van der Waals surface area contributed by atoms with Crippen LogP contribution in [0.25, 0.3) is 0 Å². The predicted octanol–water partition coefficient (Wildman–Crippen LogP) is 0.834. The maximum atomic E-state index is 12.3. The van der Waals surface area contributed by atoms with E-state index in [-0.39, 0.29) is 18.7 Å². The van der Waals surface area contributed by atoms with Crippen LogP contribution in [0.4, 0.5) is 0 Å². The number of hydrogen-bond acceptors (Lipinski definition) is 4. The maximum absolute atomic E-state index is 12.3. The summed E-state index contributed by atoms with van der Waals surface area (Å²) in [6, 6.07) is 5.35. The van der Waals surface area contributed by atoms with Gasteiger partial charge >= 0.3 is 0 Å². The molecule has 0 aliphatic carbocycles. The number of hydrogen-bond donors (Lipinski definition) is 1. The first kappa shape index (κ1) is 11.3. The Balaban J connectivity index is 1.81. The molecule has 0 spiro atoms. The van der Waals surface area contributed by atoms with Gasteiger partial charge in [-0.1, -0.05) is 6.92 Å². The quantitative estimate of drug-likeness (QED) is 0.799. The zero-order chi connectivity index (χ0) is 12.7. The highest BCUT2D eigenvalue weighted by Gasteiger charge is 2.30. The maximum Gasteiger partial charge on any atom is 0.254 e. The molecule has 1 aromatic rings. The molecule has 0 radical (unpaired) electrons. The Bertz CT molecular complexity index is 479. The van der Waals surface area contributed by atoms with Crippen LogP contribution in [-0.4, -0.2) is 36.7 Å². The van der Waals surface area contributed by atoms with Gasteiger partial charge in [-0.15, -0.1) is 0 Å². The highest BCUT2D eigenvalue weighted by molar-refractivity contribution is 5.95. The average Bonchev–Trinajstić information content (AvgIpc) is 2.95. The molecule has 0 aromatic heterocycles. The lowest BCUT2D eigenvalue weighted by atomic mass is 10.1. The first-order valence-electron chi connectivity index (χ1n) is 6.09. The molecule has 18 heavy (non-hydrogen) atoms. The Morgan fingerprint density at radius 2 is 2.11 bits per heavy atom. The van der Waals surface area contributed by atoms with Crippen molar-refractivity contribution in [2.75, 3.05) is 19.9 Å². The molecule has 2 heterocycles. The van der Waals surface area contributed by atoms with Crippen molar-refractivity contribution in [1.82, 2.24) is 4.90 Å². The Kier molecular flexibility index (Phi) is 2.63. The third kappa shape index (κ3) is 1.80. The van der Waals surface area contributed by atoms with Gasteiger partial charge in [0.2, 0.25) is 6.79 Å². The van der Waals surface area contributed by atoms with Gasteiger partial charge in [0.1, 0.15) is 0 Å². The van der Waals surface area contributed by atoms with Gasteiger partial charge in [0.05, 0.1) is 0 Å².